The van der Waals surface area contributed by atoms with Gasteiger partial charge in [-0.1, -0.05) is 6.92 Å². The average molecular weight is 229 g/mol. The number of hydrogen-bond acceptors (Lipinski definition) is 5. The van der Waals surface area contributed by atoms with E-state index >= 15 is 0 Å². The third-order valence-electron chi connectivity index (χ3n) is 3.07. The van der Waals surface area contributed by atoms with Crippen LogP contribution in [0.4, 0.5) is 0 Å². The van der Waals surface area contributed by atoms with E-state index in [9.17, 15) is 4.79 Å². The summed E-state index contributed by atoms with van der Waals surface area (Å²) in [6.45, 7) is 1.99. The molecular weight excluding hydrogens is 218 g/mol. The minimum atomic E-state index is -0.402. The Labute approximate surface area is 97.4 Å². The quantitative estimate of drug-likeness (QED) is 0.581. The molecule has 0 spiro atoms. The van der Waals surface area contributed by atoms with Gasteiger partial charge < -0.3 is 0 Å². The molecule has 1 aliphatic rings. The molecule has 17 heavy (non-hydrogen) atoms. The predicted octanol–water partition coefficient (Wildman–Crippen LogP) is 1.01. The van der Waals surface area contributed by atoms with Gasteiger partial charge in [0, 0.05) is 24.4 Å². The molecule has 0 unspecified atom stereocenters. The second-order valence-electron chi connectivity index (χ2n) is 4.20. The maximum absolute atomic E-state index is 10.4. The van der Waals surface area contributed by atoms with Crippen LogP contribution >= 0.6 is 0 Å². The Bertz CT molecular complexity index is 622. The smallest absolute Gasteiger partial charge is 0.219 e. The predicted molar refractivity (Wildman–Crippen MR) is 59.2 cm³/mol. The summed E-state index contributed by atoms with van der Waals surface area (Å²) in [5.41, 5.74) is 0.502. The molecule has 0 aromatic carbocycles. The van der Waals surface area contributed by atoms with Crippen LogP contribution in [0.1, 0.15) is 31.2 Å². The molecule has 2 aromatic rings. The minimum Gasteiger partial charge on any atom is -0.219 e. The highest BCUT2D eigenvalue weighted by molar-refractivity contribution is 5.41. The van der Waals surface area contributed by atoms with Crippen molar-refractivity contribution in [3.8, 4) is 0 Å². The van der Waals surface area contributed by atoms with Gasteiger partial charge in [-0.15, -0.1) is 5.10 Å². The number of aliphatic imine (C=N–C) groups is 1. The van der Waals surface area contributed by atoms with Gasteiger partial charge in [-0.3, -0.25) is 0 Å². The Hall–Kier alpha value is -2.07. The van der Waals surface area contributed by atoms with Crippen molar-refractivity contribution in [3.05, 3.63) is 23.8 Å². The first-order chi connectivity index (χ1) is 8.27. The van der Waals surface area contributed by atoms with Gasteiger partial charge in [-0.05, 0) is 12.8 Å². The Balaban J connectivity index is 2.10. The highest BCUT2D eigenvalue weighted by atomic mass is 16.1. The molecule has 0 aliphatic heterocycles. The first-order valence-electron chi connectivity index (χ1n) is 5.58. The topological polar surface area (TPSA) is 72.5 Å². The SMILES string of the molecule is CCc1nc2ncc(C3(N=C=O)CC3)cn2n1. The van der Waals surface area contributed by atoms with Crippen LogP contribution in [-0.4, -0.2) is 25.7 Å². The largest absolute Gasteiger partial charge is 0.252 e. The highest BCUT2D eigenvalue weighted by Crippen LogP contribution is 2.48. The van der Waals surface area contributed by atoms with E-state index in [1.54, 1.807) is 16.8 Å². The third-order valence-corrected chi connectivity index (χ3v) is 3.07. The van der Waals surface area contributed by atoms with Gasteiger partial charge in [0.05, 0.1) is 0 Å². The lowest BCUT2D eigenvalue weighted by molar-refractivity contribution is 0.556. The summed E-state index contributed by atoms with van der Waals surface area (Å²) in [5, 5.41) is 4.30. The van der Waals surface area contributed by atoms with E-state index in [1.807, 2.05) is 13.1 Å². The lowest BCUT2D eigenvalue weighted by Gasteiger charge is -2.06. The Morgan fingerprint density at radius 3 is 3.06 bits per heavy atom. The third kappa shape index (κ3) is 1.54. The van der Waals surface area contributed by atoms with E-state index in [1.165, 1.54) is 0 Å². The summed E-state index contributed by atoms with van der Waals surface area (Å²) >= 11 is 0. The molecule has 0 bridgehead atoms. The van der Waals surface area contributed by atoms with Crippen LogP contribution in [0.5, 0.6) is 0 Å². The summed E-state index contributed by atoms with van der Waals surface area (Å²) in [5.74, 6) is 1.34. The number of aromatic nitrogens is 4. The summed E-state index contributed by atoms with van der Waals surface area (Å²) in [6.07, 6.45) is 7.71. The molecule has 1 saturated carbocycles. The lowest BCUT2D eigenvalue weighted by atomic mass is 10.1. The van der Waals surface area contributed by atoms with Gasteiger partial charge in [-0.25, -0.2) is 14.3 Å². The van der Waals surface area contributed by atoms with Gasteiger partial charge in [0.2, 0.25) is 6.08 Å². The monoisotopic (exact) mass is 229 g/mol. The molecule has 6 heteroatoms. The standard InChI is InChI=1S/C11H11N5O/c1-2-9-14-10-12-5-8(6-16(10)15-9)11(3-4-11)13-7-17/h5-6H,2-4H2,1H3. The molecular formula is C11H11N5O. The molecule has 1 fully saturated rings. The molecule has 0 saturated heterocycles. The van der Waals surface area contributed by atoms with Crippen LogP contribution in [0.25, 0.3) is 5.78 Å². The number of aryl methyl sites for hydroxylation is 1. The molecule has 0 atom stereocenters. The van der Waals surface area contributed by atoms with E-state index in [0.29, 0.717) is 5.78 Å². The van der Waals surface area contributed by atoms with Gasteiger partial charge in [0.25, 0.3) is 5.78 Å². The zero-order chi connectivity index (χ0) is 11.9. The molecule has 3 rings (SSSR count). The van der Waals surface area contributed by atoms with Gasteiger partial charge >= 0.3 is 0 Å². The first kappa shape index (κ1) is 10.1. The zero-order valence-corrected chi connectivity index (χ0v) is 9.42. The second kappa shape index (κ2) is 3.46. The van der Waals surface area contributed by atoms with E-state index < -0.39 is 5.54 Å². The van der Waals surface area contributed by atoms with Crippen LogP contribution in [-0.2, 0) is 16.8 Å². The van der Waals surface area contributed by atoms with Crippen molar-refractivity contribution in [1.82, 2.24) is 19.6 Å². The zero-order valence-electron chi connectivity index (χ0n) is 9.42. The van der Waals surface area contributed by atoms with E-state index in [4.69, 9.17) is 0 Å². The van der Waals surface area contributed by atoms with Gasteiger partial charge in [-0.2, -0.15) is 9.98 Å². The van der Waals surface area contributed by atoms with Crippen LogP contribution in [0.3, 0.4) is 0 Å². The number of hydrogen-bond donors (Lipinski definition) is 0. The summed E-state index contributed by atoms with van der Waals surface area (Å²) in [4.78, 5) is 22.8. The Kier molecular flexibility index (Phi) is 2.06. The number of nitrogens with zero attached hydrogens (tertiary/aromatic N) is 5. The van der Waals surface area contributed by atoms with Crippen molar-refractivity contribution in [3.63, 3.8) is 0 Å². The molecule has 1 aliphatic carbocycles. The lowest BCUT2D eigenvalue weighted by Crippen LogP contribution is -2.05. The fourth-order valence-corrected chi connectivity index (χ4v) is 1.89. The molecule has 2 heterocycles. The van der Waals surface area contributed by atoms with Crippen LogP contribution in [0.2, 0.25) is 0 Å². The highest BCUT2D eigenvalue weighted by Gasteiger charge is 2.45. The number of fused-ring (bicyclic) bond motifs is 1. The molecule has 0 N–H and O–H groups in total. The van der Waals surface area contributed by atoms with Crippen LogP contribution in [0.15, 0.2) is 17.4 Å². The Morgan fingerprint density at radius 2 is 2.41 bits per heavy atom. The summed E-state index contributed by atoms with van der Waals surface area (Å²) in [7, 11) is 0. The minimum absolute atomic E-state index is 0.402. The average Bonchev–Trinajstić information content (AvgIpc) is 3.01. The van der Waals surface area contributed by atoms with Crippen molar-refractivity contribution < 1.29 is 4.79 Å². The van der Waals surface area contributed by atoms with Crippen molar-refractivity contribution in [2.75, 3.05) is 0 Å². The van der Waals surface area contributed by atoms with Gasteiger partial charge in [0.15, 0.2) is 5.82 Å². The number of rotatable bonds is 3. The van der Waals surface area contributed by atoms with Crippen molar-refractivity contribution in [1.29, 1.82) is 0 Å². The maximum Gasteiger partial charge on any atom is 0.252 e. The summed E-state index contributed by atoms with van der Waals surface area (Å²) < 4.78 is 1.65. The van der Waals surface area contributed by atoms with Crippen LogP contribution < -0.4 is 0 Å². The Morgan fingerprint density at radius 1 is 1.59 bits per heavy atom. The molecule has 2 aromatic heterocycles. The molecule has 6 nitrogen and oxygen atoms in total. The van der Waals surface area contributed by atoms with E-state index in [2.05, 4.69) is 20.1 Å². The normalized spacial score (nSPS) is 16.8. The van der Waals surface area contributed by atoms with E-state index in [-0.39, 0.29) is 0 Å². The van der Waals surface area contributed by atoms with Crippen molar-refractivity contribution >= 4 is 11.9 Å². The second-order valence-corrected chi connectivity index (χ2v) is 4.20. The van der Waals surface area contributed by atoms with Crippen molar-refractivity contribution in [2.45, 2.75) is 31.7 Å². The number of carbonyl (C=O) groups excluding carboxylic acids is 1. The molecule has 86 valence electrons. The van der Waals surface area contributed by atoms with Crippen LogP contribution in [0, 0.1) is 0 Å². The van der Waals surface area contributed by atoms with Crippen molar-refractivity contribution in [2.24, 2.45) is 4.99 Å². The summed E-state index contributed by atoms with van der Waals surface area (Å²) in [6, 6.07) is 0. The van der Waals surface area contributed by atoms with E-state index in [0.717, 1.165) is 30.7 Å². The fourth-order valence-electron chi connectivity index (χ4n) is 1.89. The van der Waals surface area contributed by atoms with Gasteiger partial charge in [0.1, 0.15) is 5.54 Å². The maximum atomic E-state index is 10.4. The molecule has 0 amide bonds. The first-order valence-corrected chi connectivity index (χ1v) is 5.58. The molecule has 0 radical (unpaired) electrons. The fraction of sp³-hybridized carbons (Fsp3) is 0.455. The number of isocyanates is 1.